The van der Waals surface area contributed by atoms with Crippen LogP contribution in [0.25, 0.3) is 0 Å². The molecule has 4 aliphatic rings. The summed E-state index contributed by atoms with van der Waals surface area (Å²) in [5.74, 6) is 2.98. The first kappa shape index (κ1) is 25.2. The van der Waals surface area contributed by atoms with E-state index in [-0.39, 0.29) is 12.3 Å². The van der Waals surface area contributed by atoms with Crippen LogP contribution in [0.2, 0.25) is 5.02 Å². The van der Waals surface area contributed by atoms with Gasteiger partial charge in [-0.1, -0.05) is 17.7 Å². The first-order valence-electron chi connectivity index (χ1n) is 13.4. The molecule has 1 amide bonds. The Hall–Kier alpha value is -3.11. The Labute approximate surface area is 226 Å². The van der Waals surface area contributed by atoms with Crippen LogP contribution in [-0.2, 0) is 11.2 Å². The third-order valence-electron chi connectivity index (χ3n) is 8.26. The monoisotopic (exact) mass is 541 g/mol. The van der Waals surface area contributed by atoms with Gasteiger partial charge in [0.05, 0.1) is 48.4 Å². The van der Waals surface area contributed by atoms with Crippen molar-refractivity contribution in [2.75, 3.05) is 37.7 Å². The molecule has 4 heterocycles. The lowest BCUT2D eigenvalue weighted by Crippen LogP contribution is -2.40. The Kier molecular flexibility index (Phi) is 7.25. The number of anilines is 1. The molecular weight excluding hydrogens is 509 g/mol. The summed E-state index contributed by atoms with van der Waals surface area (Å²) in [5.41, 5.74) is 11.3. The molecule has 1 aliphatic carbocycles. The van der Waals surface area contributed by atoms with Gasteiger partial charge in [0, 0.05) is 32.1 Å². The van der Waals surface area contributed by atoms with Gasteiger partial charge >= 0.3 is 0 Å². The summed E-state index contributed by atoms with van der Waals surface area (Å²) >= 11 is 5.90. The summed E-state index contributed by atoms with van der Waals surface area (Å²) in [6, 6.07) is 4.85. The molecule has 2 atom stereocenters. The molecule has 3 N–H and O–H groups in total. The number of nitrogens with zero attached hydrogens (tertiary/aromatic N) is 4. The van der Waals surface area contributed by atoms with E-state index >= 15 is 0 Å². The Balaban J connectivity index is 0.917. The van der Waals surface area contributed by atoms with Gasteiger partial charge in [-0.2, -0.15) is 5.53 Å². The van der Waals surface area contributed by atoms with E-state index in [1.807, 2.05) is 0 Å². The molecule has 38 heavy (non-hydrogen) atoms. The normalized spacial score (nSPS) is 23.1. The van der Waals surface area contributed by atoms with Crippen LogP contribution >= 0.6 is 11.6 Å². The van der Waals surface area contributed by atoms with Crippen molar-refractivity contribution in [1.29, 1.82) is 0 Å². The minimum Gasteiger partial charge on any atom is -0.493 e. The minimum atomic E-state index is -0.393. The maximum atomic E-state index is 14.8. The largest absolute Gasteiger partial charge is 0.493 e. The summed E-state index contributed by atoms with van der Waals surface area (Å²) in [4.78, 5) is 25.4. The van der Waals surface area contributed by atoms with Gasteiger partial charge in [0.1, 0.15) is 11.6 Å². The van der Waals surface area contributed by atoms with E-state index < -0.39 is 5.82 Å². The predicted octanol–water partition coefficient (Wildman–Crippen LogP) is 3.19. The maximum absolute atomic E-state index is 14.8. The van der Waals surface area contributed by atoms with Crippen molar-refractivity contribution in [3.63, 3.8) is 0 Å². The SMILES string of the molecule is O=C(Cc1ccc(OCC[C@@H]2C[C@@H]2C2CCN(c3ncc(Cl)cn3)CC2)cc1F)N1CCC2=C(C1)NNN2. The molecule has 0 bridgehead atoms. The zero-order chi connectivity index (χ0) is 26.1. The topological polar surface area (TPSA) is 94.7 Å². The van der Waals surface area contributed by atoms with Crippen LogP contribution in [-0.4, -0.2) is 53.6 Å². The van der Waals surface area contributed by atoms with E-state index in [1.165, 1.54) is 12.5 Å². The highest BCUT2D eigenvalue weighted by molar-refractivity contribution is 6.30. The van der Waals surface area contributed by atoms with Crippen LogP contribution in [0, 0.1) is 23.6 Å². The van der Waals surface area contributed by atoms with Crippen LogP contribution < -0.4 is 26.0 Å². The average Bonchev–Trinajstić information content (AvgIpc) is 3.55. The van der Waals surface area contributed by atoms with Gasteiger partial charge < -0.3 is 25.4 Å². The smallest absolute Gasteiger partial charge is 0.227 e. The quantitative estimate of drug-likeness (QED) is 0.469. The van der Waals surface area contributed by atoms with Gasteiger partial charge in [-0.3, -0.25) is 4.79 Å². The zero-order valence-electron chi connectivity index (χ0n) is 21.3. The van der Waals surface area contributed by atoms with Crippen molar-refractivity contribution >= 4 is 23.5 Å². The van der Waals surface area contributed by atoms with E-state index in [2.05, 4.69) is 31.3 Å². The molecule has 6 rings (SSSR count). The van der Waals surface area contributed by atoms with Crippen molar-refractivity contribution in [2.24, 2.45) is 17.8 Å². The van der Waals surface area contributed by atoms with Crippen molar-refractivity contribution in [3.8, 4) is 5.75 Å². The molecular formula is C27H33ClFN7O2. The number of hydrogen-bond acceptors (Lipinski definition) is 8. The molecule has 2 aromatic rings. The van der Waals surface area contributed by atoms with E-state index in [0.29, 0.717) is 41.9 Å². The molecule has 0 radical (unpaired) electrons. The number of amides is 1. The number of carbonyl (C=O) groups is 1. The number of rotatable bonds is 8. The lowest BCUT2D eigenvalue weighted by molar-refractivity contribution is -0.130. The number of hydrogen-bond donors (Lipinski definition) is 3. The molecule has 9 nitrogen and oxygen atoms in total. The molecule has 0 spiro atoms. The second kappa shape index (κ2) is 10.9. The zero-order valence-corrected chi connectivity index (χ0v) is 22.0. The minimum absolute atomic E-state index is 0.0439. The summed E-state index contributed by atoms with van der Waals surface area (Å²) in [6.45, 7) is 3.64. The van der Waals surface area contributed by atoms with Gasteiger partial charge in [-0.05, 0) is 55.1 Å². The number of hydrazine groups is 2. The van der Waals surface area contributed by atoms with Crippen molar-refractivity contribution in [1.82, 2.24) is 31.3 Å². The fourth-order valence-electron chi connectivity index (χ4n) is 5.95. The molecule has 1 saturated heterocycles. The average molecular weight is 542 g/mol. The Morgan fingerprint density at radius 3 is 2.71 bits per heavy atom. The van der Waals surface area contributed by atoms with Crippen LogP contribution in [0.3, 0.4) is 0 Å². The predicted molar refractivity (Wildman–Crippen MR) is 141 cm³/mol. The van der Waals surface area contributed by atoms with Crippen LogP contribution in [0.1, 0.15) is 37.7 Å². The molecule has 11 heteroatoms. The Morgan fingerprint density at radius 1 is 1.13 bits per heavy atom. The van der Waals surface area contributed by atoms with Gasteiger partial charge in [0.25, 0.3) is 0 Å². The number of halogens is 2. The number of aromatic nitrogens is 2. The molecule has 1 saturated carbocycles. The number of piperidine rings is 1. The molecule has 1 aromatic heterocycles. The van der Waals surface area contributed by atoms with Gasteiger partial charge in [-0.25, -0.2) is 14.4 Å². The summed E-state index contributed by atoms with van der Waals surface area (Å²) in [6.07, 6.45) is 8.63. The molecule has 0 unspecified atom stereocenters. The maximum Gasteiger partial charge on any atom is 0.227 e. The molecule has 2 fully saturated rings. The van der Waals surface area contributed by atoms with Crippen molar-refractivity contribution < 1.29 is 13.9 Å². The van der Waals surface area contributed by atoms with Crippen LogP contribution in [0.4, 0.5) is 10.3 Å². The fourth-order valence-corrected chi connectivity index (χ4v) is 6.05. The van der Waals surface area contributed by atoms with Crippen LogP contribution in [0.15, 0.2) is 42.0 Å². The lowest BCUT2D eigenvalue weighted by Gasteiger charge is -2.32. The van der Waals surface area contributed by atoms with E-state index in [4.69, 9.17) is 16.3 Å². The molecule has 202 valence electrons. The summed E-state index contributed by atoms with van der Waals surface area (Å²) in [7, 11) is 0. The fraction of sp³-hybridized carbons (Fsp3) is 0.519. The number of ether oxygens (including phenoxy) is 1. The number of benzene rings is 1. The van der Waals surface area contributed by atoms with Gasteiger partial charge in [0.2, 0.25) is 11.9 Å². The second-order valence-corrected chi connectivity index (χ2v) is 11.1. The van der Waals surface area contributed by atoms with E-state index in [9.17, 15) is 9.18 Å². The van der Waals surface area contributed by atoms with E-state index in [0.717, 1.165) is 68.0 Å². The second-order valence-electron chi connectivity index (χ2n) is 10.6. The Morgan fingerprint density at radius 2 is 1.92 bits per heavy atom. The highest BCUT2D eigenvalue weighted by Crippen LogP contribution is 2.49. The highest BCUT2D eigenvalue weighted by atomic mass is 35.5. The summed E-state index contributed by atoms with van der Waals surface area (Å²) < 4.78 is 20.6. The first-order valence-corrected chi connectivity index (χ1v) is 13.8. The third-order valence-corrected chi connectivity index (χ3v) is 8.46. The lowest BCUT2D eigenvalue weighted by atomic mass is 9.90. The highest BCUT2D eigenvalue weighted by Gasteiger charge is 2.43. The molecule has 3 aliphatic heterocycles. The first-order chi connectivity index (χ1) is 18.5. The standard InChI is InChI=1S/C27H33ClFN7O2/c28-20-14-30-27(31-15-20)35-7-3-17(4-8-35)22-11-18(22)6-10-38-21-2-1-19(23(29)13-21)12-26(37)36-9-5-24-25(16-36)33-34-32-24/h1-2,13-15,17-18,22,32-34H,3-12,16H2/t18-,22-/m1/s1. The van der Waals surface area contributed by atoms with E-state index in [1.54, 1.807) is 29.4 Å². The molecule has 1 aromatic carbocycles. The third kappa shape index (κ3) is 5.66. The Bertz CT molecular complexity index is 1200. The number of carbonyl (C=O) groups excluding carboxylic acids is 1. The van der Waals surface area contributed by atoms with Gasteiger partial charge in [-0.15, -0.1) is 0 Å². The van der Waals surface area contributed by atoms with Crippen molar-refractivity contribution in [3.05, 3.63) is 58.4 Å². The van der Waals surface area contributed by atoms with Gasteiger partial charge in [0.15, 0.2) is 0 Å². The van der Waals surface area contributed by atoms with Crippen molar-refractivity contribution in [2.45, 2.75) is 38.5 Å². The van der Waals surface area contributed by atoms with Crippen LogP contribution in [0.5, 0.6) is 5.75 Å². The number of nitrogens with one attached hydrogen (secondary N) is 3. The summed E-state index contributed by atoms with van der Waals surface area (Å²) in [5, 5.41) is 0.558.